The van der Waals surface area contributed by atoms with Gasteiger partial charge in [0.15, 0.2) is 0 Å². The minimum Gasteiger partial charge on any atom is -0.302 e. The van der Waals surface area contributed by atoms with Crippen LogP contribution in [-0.4, -0.2) is 24.5 Å². The van der Waals surface area contributed by atoms with Gasteiger partial charge in [-0.15, -0.1) is 0 Å². The number of hydrogen-bond acceptors (Lipinski definition) is 1. The summed E-state index contributed by atoms with van der Waals surface area (Å²) in [5.41, 5.74) is 1.46. The zero-order chi connectivity index (χ0) is 8.39. The van der Waals surface area contributed by atoms with Crippen molar-refractivity contribution < 1.29 is 0 Å². The van der Waals surface area contributed by atoms with E-state index in [9.17, 15) is 0 Å². The first kappa shape index (κ1) is 8.31. The van der Waals surface area contributed by atoms with Crippen LogP contribution in [0.4, 0.5) is 0 Å². The van der Waals surface area contributed by atoms with Gasteiger partial charge in [-0.2, -0.15) is 0 Å². The van der Waals surface area contributed by atoms with Gasteiger partial charge >= 0.3 is 0 Å². The summed E-state index contributed by atoms with van der Waals surface area (Å²) in [6.07, 6.45) is 6.93. The molecule has 0 aromatic rings. The molecule has 0 unspecified atom stereocenters. The molecule has 2 fully saturated rings. The topological polar surface area (TPSA) is 3.24 Å². The largest absolute Gasteiger partial charge is 0.302 e. The van der Waals surface area contributed by atoms with E-state index in [0.717, 1.165) is 5.92 Å². The summed E-state index contributed by atoms with van der Waals surface area (Å²) < 4.78 is 0. The lowest BCUT2D eigenvalue weighted by Crippen LogP contribution is -2.36. The summed E-state index contributed by atoms with van der Waals surface area (Å²) in [5, 5.41) is 0. The molecule has 2 rings (SSSR count). The van der Waals surface area contributed by atoms with E-state index < -0.39 is 0 Å². The van der Waals surface area contributed by atoms with Crippen LogP contribution in [0.2, 0.25) is 0 Å². The van der Waals surface area contributed by atoms with Gasteiger partial charge in [0.1, 0.15) is 0 Å². The van der Waals surface area contributed by atoms with Gasteiger partial charge in [0, 0.05) is 19.6 Å². The van der Waals surface area contributed by atoms with Crippen LogP contribution in [-0.2, 0) is 0 Å². The van der Waals surface area contributed by atoms with E-state index in [-0.39, 0.29) is 0 Å². The fourth-order valence-electron chi connectivity index (χ4n) is 2.09. The molecule has 0 spiro atoms. The van der Waals surface area contributed by atoms with Gasteiger partial charge in [0.25, 0.3) is 0 Å². The average molecular weight is 165 g/mol. The monoisotopic (exact) mass is 165 g/mol. The second-order valence-corrected chi connectivity index (χ2v) is 4.35. The predicted octanol–water partition coefficient (Wildman–Crippen LogP) is 2.44. The quantitative estimate of drug-likeness (QED) is 0.568. The van der Waals surface area contributed by atoms with E-state index in [4.69, 9.17) is 0 Å². The molecule has 0 atom stereocenters. The van der Waals surface area contributed by atoms with Crippen molar-refractivity contribution in [2.75, 3.05) is 19.6 Å². The fraction of sp³-hybridized carbons (Fsp3) is 0.818. The van der Waals surface area contributed by atoms with Crippen molar-refractivity contribution in [1.82, 2.24) is 4.90 Å². The second-order valence-electron chi connectivity index (χ2n) is 4.35. The highest BCUT2D eigenvalue weighted by Crippen LogP contribution is 2.28. The van der Waals surface area contributed by atoms with Crippen LogP contribution in [0.5, 0.6) is 0 Å². The zero-order valence-electron chi connectivity index (χ0n) is 7.89. The molecule has 2 aliphatic rings. The molecule has 12 heavy (non-hydrogen) atoms. The Kier molecular flexibility index (Phi) is 2.50. The van der Waals surface area contributed by atoms with Crippen molar-refractivity contribution in [3.63, 3.8) is 0 Å². The van der Waals surface area contributed by atoms with Crippen molar-refractivity contribution >= 4 is 0 Å². The standard InChI is InChI=1S/C11H19N/c1-10-5-7-12(8-6-10)9-11-3-2-4-11/h11H,1-9H2. The highest BCUT2D eigenvalue weighted by Gasteiger charge is 2.21. The van der Waals surface area contributed by atoms with E-state index in [1.54, 1.807) is 0 Å². The van der Waals surface area contributed by atoms with Crippen molar-refractivity contribution in [3.05, 3.63) is 12.2 Å². The van der Waals surface area contributed by atoms with E-state index in [1.807, 2.05) is 0 Å². The minimum absolute atomic E-state index is 1.04. The lowest BCUT2D eigenvalue weighted by molar-refractivity contribution is 0.169. The number of nitrogens with zero attached hydrogens (tertiary/aromatic N) is 1. The summed E-state index contributed by atoms with van der Waals surface area (Å²) in [6, 6.07) is 0. The molecule has 1 heteroatoms. The highest BCUT2D eigenvalue weighted by molar-refractivity contribution is 4.99. The minimum atomic E-state index is 1.04. The van der Waals surface area contributed by atoms with Crippen molar-refractivity contribution in [3.8, 4) is 0 Å². The maximum atomic E-state index is 4.04. The van der Waals surface area contributed by atoms with Crippen molar-refractivity contribution in [1.29, 1.82) is 0 Å². The number of piperidine rings is 1. The summed E-state index contributed by atoms with van der Waals surface area (Å²) in [5.74, 6) is 1.04. The zero-order valence-corrected chi connectivity index (χ0v) is 7.89. The van der Waals surface area contributed by atoms with E-state index in [0.29, 0.717) is 0 Å². The molecule has 1 saturated heterocycles. The SMILES string of the molecule is C=C1CCN(CC2CCC2)CC1. The Morgan fingerprint density at radius 1 is 1.25 bits per heavy atom. The van der Waals surface area contributed by atoms with Gasteiger partial charge in [-0.25, -0.2) is 0 Å². The van der Waals surface area contributed by atoms with Gasteiger partial charge in [-0.1, -0.05) is 18.6 Å². The molecule has 68 valence electrons. The molecule has 1 aliphatic carbocycles. The Hall–Kier alpha value is -0.300. The van der Waals surface area contributed by atoms with Gasteiger partial charge < -0.3 is 4.90 Å². The lowest BCUT2D eigenvalue weighted by Gasteiger charge is -2.34. The van der Waals surface area contributed by atoms with Gasteiger partial charge in [0.05, 0.1) is 0 Å². The van der Waals surface area contributed by atoms with Crippen LogP contribution in [0.15, 0.2) is 12.2 Å². The molecule has 1 saturated carbocycles. The van der Waals surface area contributed by atoms with Gasteiger partial charge in [0.2, 0.25) is 0 Å². The van der Waals surface area contributed by atoms with Crippen molar-refractivity contribution in [2.24, 2.45) is 5.92 Å². The van der Waals surface area contributed by atoms with Crippen LogP contribution < -0.4 is 0 Å². The van der Waals surface area contributed by atoms with Gasteiger partial charge in [-0.3, -0.25) is 0 Å². The molecular formula is C11H19N. The van der Waals surface area contributed by atoms with E-state index in [1.165, 1.54) is 57.3 Å². The van der Waals surface area contributed by atoms with E-state index >= 15 is 0 Å². The van der Waals surface area contributed by atoms with Crippen LogP contribution in [0.1, 0.15) is 32.1 Å². The summed E-state index contributed by atoms with van der Waals surface area (Å²) in [6.45, 7) is 7.95. The van der Waals surface area contributed by atoms with Crippen LogP contribution in [0.25, 0.3) is 0 Å². The Balaban J connectivity index is 1.70. The number of likely N-dealkylation sites (tertiary alicyclic amines) is 1. The molecule has 0 radical (unpaired) electrons. The smallest absolute Gasteiger partial charge is 0.00187 e. The van der Waals surface area contributed by atoms with Crippen LogP contribution in [0, 0.1) is 5.92 Å². The maximum Gasteiger partial charge on any atom is 0.00187 e. The fourth-order valence-corrected chi connectivity index (χ4v) is 2.09. The molecule has 1 nitrogen and oxygen atoms in total. The third kappa shape index (κ3) is 1.89. The highest BCUT2D eigenvalue weighted by atomic mass is 15.1. The van der Waals surface area contributed by atoms with Crippen LogP contribution >= 0.6 is 0 Å². The lowest BCUT2D eigenvalue weighted by atomic mass is 9.84. The first-order valence-corrected chi connectivity index (χ1v) is 5.23. The molecule has 0 aromatic heterocycles. The van der Waals surface area contributed by atoms with Crippen molar-refractivity contribution in [2.45, 2.75) is 32.1 Å². The molecule has 1 aliphatic heterocycles. The summed E-state index contributed by atoms with van der Waals surface area (Å²) in [4.78, 5) is 2.62. The van der Waals surface area contributed by atoms with Crippen LogP contribution in [0.3, 0.4) is 0 Å². The third-order valence-electron chi connectivity index (χ3n) is 3.30. The number of hydrogen-bond donors (Lipinski definition) is 0. The Labute approximate surface area is 75.4 Å². The Bertz CT molecular complexity index is 160. The molecular weight excluding hydrogens is 146 g/mol. The molecule has 0 aromatic carbocycles. The average Bonchev–Trinajstić information content (AvgIpc) is 2.00. The molecule has 0 amide bonds. The predicted molar refractivity (Wildman–Crippen MR) is 52.2 cm³/mol. The first-order chi connectivity index (χ1) is 5.84. The normalized spacial score (nSPS) is 27.2. The van der Waals surface area contributed by atoms with E-state index in [2.05, 4.69) is 11.5 Å². The van der Waals surface area contributed by atoms with Gasteiger partial charge in [-0.05, 0) is 31.6 Å². The summed E-state index contributed by atoms with van der Waals surface area (Å²) >= 11 is 0. The Morgan fingerprint density at radius 2 is 1.92 bits per heavy atom. The second kappa shape index (κ2) is 3.61. The number of rotatable bonds is 2. The third-order valence-corrected chi connectivity index (χ3v) is 3.30. The summed E-state index contributed by atoms with van der Waals surface area (Å²) in [7, 11) is 0. The molecule has 0 bridgehead atoms. The maximum absolute atomic E-state index is 4.04. The molecule has 0 N–H and O–H groups in total. The first-order valence-electron chi connectivity index (χ1n) is 5.23. The molecule has 1 heterocycles. The Morgan fingerprint density at radius 3 is 2.42 bits per heavy atom.